The van der Waals surface area contributed by atoms with Crippen molar-refractivity contribution in [2.45, 2.75) is 0 Å². The van der Waals surface area contributed by atoms with E-state index in [1.54, 1.807) is 0 Å². The van der Waals surface area contributed by atoms with Gasteiger partial charge < -0.3 is 14.8 Å². The van der Waals surface area contributed by atoms with E-state index in [9.17, 15) is 18.3 Å². The van der Waals surface area contributed by atoms with Crippen molar-refractivity contribution in [1.29, 1.82) is 0 Å². The molecule has 82 valence electrons. The Labute approximate surface area is 134 Å². The molecule has 0 amide bonds. The van der Waals surface area contributed by atoms with E-state index in [-0.39, 0.29) is 51.4 Å². The van der Waals surface area contributed by atoms with E-state index in [1.165, 1.54) is 12.1 Å². The van der Waals surface area contributed by atoms with E-state index in [4.69, 9.17) is 4.55 Å². The number of carboxylic acids is 1. The van der Waals surface area contributed by atoms with E-state index < -0.39 is 27.7 Å². The molecule has 1 aromatic carbocycles. The number of carbonyl (C=O) groups is 1. The molecule has 0 bridgehead atoms. The van der Waals surface area contributed by atoms with Gasteiger partial charge in [0.05, 0.1) is 5.97 Å². The average Bonchev–Trinajstić information content (AvgIpc) is 2.14. The summed E-state index contributed by atoms with van der Waals surface area (Å²) in [5.41, 5.74) is -0.402. The summed E-state index contributed by atoms with van der Waals surface area (Å²) in [5.74, 6) is -1.96. The Morgan fingerprint density at radius 2 is 1.88 bits per heavy atom. The van der Waals surface area contributed by atoms with Crippen LogP contribution in [0.15, 0.2) is 24.3 Å². The summed E-state index contributed by atoms with van der Waals surface area (Å²) < 4.78 is 32.0. The molecule has 1 aromatic rings. The third-order valence-corrected chi connectivity index (χ3v) is 1.56. The number of hydrogen-bond acceptors (Lipinski definition) is 6. The number of benzene rings is 1. The first-order valence-electron chi connectivity index (χ1n) is 3.54. The zero-order valence-electron chi connectivity index (χ0n) is 8.11. The maximum Gasteiger partial charge on any atom is 1.00 e. The van der Waals surface area contributed by atoms with Crippen LogP contribution in [-0.2, 0) is 14.7 Å². The van der Waals surface area contributed by atoms with Crippen LogP contribution in [0.4, 0.5) is 0 Å². The van der Waals surface area contributed by atoms with Crippen molar-refractivity contribution >= 4 is 16.4 Å². The average molecular weight is 272 g/mol. The molecule has 0 fully saturated rings. The van der Waals surface area contributed by atoms with Crippen LogP contribution >= 0.6 is 0 Å². The van der Waals surface area contributed by atoms with Crippen molar-refractivity contribution in [2.24, 2.45) is 0 Å². The molecule has 0 saturated carbocycles. The molecule has 7 nitrogen and oxygen atoms in total. The van der Waals surface area contributed by atoms with Crippen LogP contribution in [-0.4, -0.2) is 18.9 Å². The summed E-state index contributed by atoms with van der Waals surface area (Å²) in [5, 5.41) is 10.5. The minimum atomic E-state index is -4.80. The third kappa shape index (κ3) is 5.36. The number of hydrogen-bond donors (Lipinski definition) is 1. The number of aromatic carboxylic acids is 1. The van der Waals surface area contributed by atoms with Gasteiger partial charge in [0.15, 0.2) is 5.75 Å². The number of rotatable bonds is 4. The maximum atomic E-state index is 10.5. The quantitative estimate of drug-likeness (QED) is 0.258. The van der Waals surface area contributed by atoms with Crippen molar-refractivity contribution in [3.8, 4) is 5.75 Å². The molecule has 1 rings (SSSR count). The molecule has 0 aliphatic rings. The fraction of sp³-hybridized carbons (Fsp3) is 0. The minimum Gasteiger partial charge on any atom is -0.545 e. The molecule has 0 aliphatic heterocycles. The summed E-state index contributed by atoms with van der Waals surface area (Å²) in [6.07, 6.45) is 0. The topological polar surface area (TPSA) is 113 Å². The van der Waals surface area contributed by atoms with E-state index in [2.05, 4.69) is 9.22 Å². The van der Waals surface area contributed by atoms with Gasteiger partial charge in [0.25, 0.3) is 0 Å². The molecule has 0 heterocycles. The van der Waals surface area contributed by atoms with Crippen LogP contribution < -0.4 is 61.4 Å². The smallest absolute Gasteiger partial charge is 0.545 e. The van der Waals surface area contributed by atoms with Gasteiger partial charge >= 0.3 is 61.8 Å². The van der Waals surface area contributed by atoms with E-state index in [0.29, 0.717) is 0 Å². The predicted molar refractivity (Wildman–Crippen MR) is 44.0 cm³/mol. The Kier molecular flexibility index (Phi) is 6.66. The minimum absolute atomic E-state index is 0. The van der Waals surface area contributed by atoms with Gasteiger partial charge in [0, 0.05) is 5.56 Å². The van der Waals surface area contributed by atoms with Gasteiger partial charge in [-0.05, 0) is 16.5 Å². The Bertz CT molecular complexity index is 469. The van der Waals surface area contributed by atoms with Gasteiger partial charge in [-0.15, -0.1) is 0 Å². The van der Waals surface area contributed by atoms with Crippen LogP contribution in [0.3, 0.4) is 0 Å². The molecule has 0 atom stereocenters. The van der Waals surface area contributed by atoms with E-state index in [1.807, 2.05) is 0 Å². The molecule has 0 saturated heterocycles. The van der Waals surface area contributed by atoms with Crippen molar-refractivity contribution in [3.63, 3.8) is 0 Å². The van der Waals surface area contributed by atoms with Crippen molar-refractivity contribution in [3.05, 3.63) is 29.8 Å². The van der Waals surface area contributed by atoms with Crippen LogP contribution in [0.1, 0.15) is 10.4 Å². The summed E-state index contributed by atoms with van der Waals surface area (Å²) >= 11 is 0. The summed E-state index contributed by atoms with van der Waals surface area (Å²) in [6.45, 7) is 0. The van der Waals surface area contributed by atoms with E-state index >= 15 is 0 Å². The molecule has 0 aromatic heterocycles. The van der Waals surface area contributed by atoms with Crippen molar-refractivity contribution in [1.82, 2.24) is 0 Å². The first-order valence-corrected chi connectivity index (χ1v) is 4.90. The molecule has 0 aliphatic carbocycles. The molecular weight excluding hydrogens is 267 g/mol. The summed E-state index contributed by atoms with van der Waals surface area (Å²) in [6, 6.07) is 5.02. The number of carbonyl (C=O) groups excluding carboxylic acids is 1. The monoisotopic (exact) mass is 272 g/mol. The Balaban J connectivity index is 0.00000225. The normalized spacial score (nSPS) is 10.3. The molecule has 9 heteroatoms. The van der Waals surface area contributed by atoms with Crippen molar-refractivity contribution < 1.29 is 83.5 Å². The fourth-order valence-corrected chi connectivity index (χ4v) is 0.947. The van der Waals surface area contributed by atoms with Crippen LogP contribution in [0.5, 0.6) is 5.75 Å². The van der Waals surface area contributed by atoms with Gasteiger partial charge in [-0.25, -0.2) is 0 Å². The van der Waals surface area contributed by atoms with Crippen LogP contribution in [0.2, 0.25) is 0 Å². The molecule has 0 unspecified atom stereocenters. The Morgan fingerprint density at radius 3 is 2.38 bits per heavy atom. The third-order valence-electron chi connectivity index (χ3n) is 1.32. The van der Waals surface area contributed by atoms with Gasteiger partial charge in [0.2, 0.25) is 0 Å². The molecular formula is C7H5KO7S. The number of para-hydroxylation sites is 1. The molecule has 0 radical (unpaired) electrons. The standard InChI is InChI=1S/C7H6O7S.K/c8-7(9)5-3-1-2-4-6(5)13-14-15(10,11)12;/h1-4H,(H,8,9)(H,10,11,12);/q;+1/p-1. The van der Waals surface area contributed by atoms with Crippen molar-refractivity contribution in [2.75, 3.05) is 0 Å². The Hall–Kier alpha value is -0.00364. The second-order valence-electron chi connectivity index (χ2n) is 2.36. The predicted octanol–water partition coefficient (Wildman–Crippen LogP) is -3.83. The van der Waals surface area contributed by atoms with Gasteiger partial charge in [-0.3, -0.25) is 4.55 Å². The second kappa shape index (κ2) is 6.66. The first-order chi connectivity index (χ1) is 6.90. The Morgan fingerprint density at radius 1 is 1.31 bits per heavy atom. The molecule has 16 heavy (non-hydrogen) atoms. The largest absolute Gasteiger partial charge is 1.00 e. The van der Waals surface area contributed by atoms with Crippen LogP contribution in [0, 0.1) is 0 Å². The summed E-state index contributed by atoms with van der Waals surface area (Å²) in [7, 11) is -4.80. The summed E-state index contributed by atoms with van der Waals surface area (Å²) in [4.78, 5) is 14.6. The fourth-order valence-electron chi connectivity index (χ4n) is 0.788. The molecule has 1 N–H and O–H groups in total. The van der Waals surface area contributed by atoms with Crippen LogP contribution in [0.25, 0.3) is 0 Å². The number of carboxylic acid groups (broad SMARTS) is 1. The SMILES string of the molecule is O=C([O-])c1ccccc1OOS(=O)(=O)O.[K+]. The van der Waals surface area contributed by atoms with Gasteiger partial charge in [-0.1, -0.05) is 12.1 Å². The maximum absolute atomic E-state index is 10.5. The molecule has 0 spiro atoms. The first kappa shape index (κ1) is 16.0. The second-order valence-corrected chi connectivity index (χ2v) is 3.35. The van der Waals surface area contributed by atoms with Gasteiger partial charge in [-0.2, -0.15) is 8.42 Å². The zero-order valence-corrected chi connectivity index (χ0v) is 12.1. The van der Waals surface area contributed by atoms with E-state index in [0.717, 1.165) is 12.1 Å². The van der Waals surface area contributed by atoms with Gasteiger partial charge in [0.1, 0.15) is 0 Å². The zero-order chi connectivity index (χ0) is 11.5.